The van der Waals surface area contributed by atoms with Gasteiger partial charge in [-0.2, -0.15) is 0 Å². The van der Waals surface area contributed by atoms with Gasteiger partial charge in [0, 0.05) is 0 Å². The zero-order valence-corrected chi connectivity index (χ0v) is 20.1. The highest BCUT2D eigenvalue weighted by molar-refractivity contribution is 5.77. The number of aliphatic hydroxyl groups excluding tert-OH is 2. The molecular weight excluding hydrogens is 378 g/mol. The molecule has 0 amide bonds. The van der Waals surface area contributed by atoms with Crippen LogP contribution < -0.4 is 0 Å². The SMILES string of the molecule is CCCCCCCCC=CCCCCCCCCC[N+](C)(C)C(CO)(CO)C(=O)O. The second-order valence-electron chi connectivity index (χ2n) is 9.35. The number of hydrogen-bond acceptors (Lipinski definition) is 3. The van der Waals surface area contributed by atoms with E-state index in [1.54, 1.807) is 14.1 Å². The fraction of sp³-hybridized carbons (Fsp3) is 0.880. The molecule has 0 heterocycles. The maximum Gasteiger partial charge on any atom is 0.370 e. The number of carbonyl (C=O) groups is 1. The standard InChI is InChI=1S/C25H49NO4/c1-4-5-6-7-8-9-10-11-12-13-14-15-16-17-18-19-20-21-26(2,3)25(22-27,23-28)24(29)30/h11-12,27-28H,4-10,13-23H2,1-3H3/p+1. The summed E-state index contributed by atoms with van der Waals surface area (Å²) in [5, 5.41) is 28.6. The zero-order valence-electron chi connectivity index (χ0n) is 20.1. The van der Waals surface area contributed by atoms with Crippen molar-refractivity contribution in [2.75, 3.05) is 33.9 Å². The van der Waals surface area contributed by atoms with Gasteiger partial charge in [-0.15, -0.1) is 0 Å². The maximum absolute atomic E-state index is 11.6. The van der Waals surface area contributed by atoms with Gasteiger partial charge in [-0.25, -0.2) is 4.79 Å². The lowest BCUT2D eigenvalue weighted by Gasteiger charge is -2.43. The molecule has 0 aromatic heterocycles. The predicted octanol–water partition coefficient (Wildman–Crippen LogP) is 5.30. The Hall–Kier alpha value is -0.910. The van der Waals surface area contributed by atoms with Crippen LogP contribution in [0.1, 0.15) is 103 Å². The third-order valence-electron chi connectivity index (χ3n) is 6.56. The Labute approximate surface area is 185 Å². The highest BCUT2D eigenvalue weighted by Gasteiger charge is 2.52. The van der Waals surface area contributed by atoms with E-state index in [1.807, 2.05) is 0 Å². The van der Waals surface area contributed by atoms with Gasteiger partial charge < -0.3 is 19.8 Å². The topological polar surface area (TPSA) is 77.8 Å². The first-order valence-corrected chi connectivity index (χ1v) is 12.3. The number of allylic oxidation sites excluding steroid dienone is 2. The summed E-state index contributed by atoms with van der Waals surface area (Å²) >= 11 is 0. The van der Waals surface area contributed by atoms with E-state index in [1.165, 1.54) is 77.0 Å². The lowest BCUT2D eigenvalue weighted by Crippen LogP contribution is -2.68. The largest absolute Gasteiger partial charge is 0.476 e. The summed E-state index contributed by atoms with van der Waals surface area (Å²) in [5.41, 5.74) is -1.53. The molecule has 0 unspecified atom stereocenters. The second-order valence-corrected chi connectivity index (χ2v) is 9.35. The minimum absolute atomic E-state index is 0.0976. The van der Waals surface area contributed by atoms with Crippen molar-refractivity contribution >= 4 is 5.97 Å². The van der Waals surface area contributed by atoms with Crippen molar-refractivity contribution in [3.8, 4) is 0 Å². The number of aliphatic carboxylic acids is 1. The van der Waals surface area contributed by atoms with Crippen LogP contribution in [0.4, 0.5) is 0 Å². The monoisotopic (exact) mass is 428 g/mol. The molecule has 5 nitrogen and oxygen atoms in total. The number of nitrogens with zero attached hydrogens (tertiary/aromatic N) is 1. The van der Waals surface area contributed by atoms with Gasteiger partial charge >= 0.3 is 5.97 Å². The molecule has 0 spiro atoms. The first kappa shape index (κ1) is 29.1. The number of hydrogen-bond donors (Lipinski definition) is 3. The second kappa shape index (κ2) is 17.7. The molecule has 0 aromatic rings. The molecular formula is C25H50NO4+. The number of aliphatic hydroxyl groups is 2. The zero-order chi connectivity index (χ0) is 22.7. The fourth-order valence-electron chi connectivity index (χ4n) is 3.97. The van der Waals surface area contributed by atoms with Crippen LogP contribution in [0.25, 0.3) is 0 Å². The summed E-state index contributed by atoms with van der Waals surface area (Å²) in [6.07, 6.45) is 23.5. The van der Waals surface area contributed by atoms with E-state index in [9.17, 15) is 20.1 Å². The smallest absolute Gasteiger partial charge is 0.370 e. The van der Waals surface area contributed by atoms with Gasteiger partial charge in [-0.3, -0.25) is 0 Å². The Morgan fingerprint density at radius 2 is 1.13 bits per heavy atom. The van der Waals surface area contributed by atoms with Crippen molar-refractivity contribution in [1.29, 1.82) is 0 Å². The summed E-state index contributed by atoms with van der Waals surface area (Å²) in [5.74, 6) is -1.14. The molecule has 30 heavy (non-hydrogen) atoms. The van der Waals surface area contributed by atoms with Gasteiger partial charge in [-0.1, -0.05) is 76.9 Å². The maximum atomic E-state index is 11.6. The molecule has 5 heteroatoms. The van der Waals surface area contributed by atoms with E-state index in [0.717, 1.165) is 19.3 Å². The van der Waals surface area contributed by atoms with Crippen molar-refractivity contribution in [2.45, 2.75) is 109 Å². The van der Waals surface area contributed by atoms with Crippen LogP contribution in [-0.2, 0) is 4.79 Å². The van der Waals surface area contributed by atoms with Crippen LogP contribution in [0, 0.1) is 0 Å². The van der Waals surface area contributed by atoms with Crippen LogP contribution in [0.3, 0.4) is 0 Å². The Kier molecular flexibility index (Phi) is 17.2. The Morgan fingerprint density at radius 3 is 1.53 bits per heavy atom. The number of quaternary nitrogens is 1. The third-order valence-corrected chi connectivity index (χ3v) is 6.56. The summed E-state index contributed by atoms with van der Waals surface area (Å²) in [6, 6.07) is 0. The van der Waals surface area contributed by atoms with Crippen molar-refractivity contribution in [3.05, 3.63) is 12.2 Å². The lowest BCUT2D eigenvalue weighted by atomic mass is 9.96. The van der Waals surface area contributed by atoms with Gasteiger partial charge in [0.1, 0.15) is 13.2 Å². The Bertz CT molecular complexity index is 444. The van der Waals surface area contributed by atoms with Crippen LogP contribution in [0.2, 0.25) is 0 Å². The molecule has 3 N–H and O–H groups in total. The van der Waals surface area contributed by atoms with Crippen LogP contribution >= 0.6 is 0 Å². The number of unbranched alkanes of at least 4 members (excludes halogenated alkanes) is 13. The fourth-order valence-corrected chi connectivity index (χ4v) is 3.97. The molecule has 0 rings (SSSR count). The average Bonchev–Trinajstić information content (AvgIpc) is 2.71. The minimum atomic E-state index is -1.53. The molecule has 178 valence electrons. The first-order chi connectivity index (χ1) is 14.4. The minimum Gasteiger partial charge on any atom is -0.476 e. The first-order valence-electron chi connectivity index (χ1n) is 12.3. The van der Waals surface area contributed by atoms with Gasteiger partial charge in [0.15, 0.2) is 0 Å². The molecule has 0 aliphatic rings. The van der Waals surface area contributed by atoms with E-state index >= 15 is 0 Å². The highest BCUT2D eigenvalue weighted by Crippen LogP contribution is 2.22. The van der Waals surface area contributed by atoms with Gasteiger partial charge in [0.25, 0.3) is 0 Å². The number of rotatable bonds is 21. The average molecular weight is 429 g/mol. The van der Waals surface area contributed by atoms with Gasteiger partial charge in [-0.05, 0) is 38.5 Å². The molecule has 0 aliphatic heterocycles. The molecule has 0 aromatic carbocycles. The molecule has 0 fully saturated rings. The predicted molar refractivity (Wildman–Crippen MR) is 126 cm³/mol. The lowest BCUT2D eigenvalue weighted by molar-refractivity contribution is -0.933. The molecule has 0 bridgehead atoms. The summed E-state index contributed by atoms with van der Waals surface area (Å²) in [4.78, 5) is 11.6. The van der Waals surface area contributed by atoms with Crippen LogP contribution in [0.5, 0.6) is 0 Å². The summed E-state index contributed by atoms with van der Waals surface area (Å²) in [6.45, 7) is 1.78. The summed E-state index contributed by atoms with van der Waals surface area (Å²) in [7, 11) is 3.56. The quantitative estimate of drug-likeness (QED) is 0.132. The Morgan fingerprint density at radius 1 is 0.733 bits per heavy atom. The molecule has 0 aliphatic carbocycles. The van der Waals surface area contributed by atoms with E-state index in [4.69, 9.17) is 0 Å². The van der Waals surface area contributed by atoms with Crippen LogP contribution in [-0.4, -0.2) is 65.2 Å². The van der Waals surface area contributed by atoms with Crippen molar-refractivity contribution in [3.63, 3.8) is 0 Å². The van der Waals surface area contributed by atoms with E-state index in [0.29, 0.717) is 6.54 Å². The molecule has 0 atom stereocenters. The molecule has 0 saturated carbocycles. The van der Waals surface area contributed by atoms with E-state index < -0.39 is 24.7 Å². The molecule has 0 radical (unpaired) electrons. The van der Waals surface area contributed by atoms with Crippen LogP contribution in [0.15, 0.2) is 12.2 Å². The van der Waals surface area contributed by atoms with Gasteiger partial charge in [0.05, 0.1) is 20.6 Å². The van der Waals surface area contributed by atoms with Gasteiger partial charge in [0.2, 0.25) is 5.54 Å². The highest BCUT2D eigenvalue weighted by atomic mass is 16.4. The number of carboxylic acids is 1. The van der Waals surface area contributed by atoms with Crippen molar-refractivity contribution in [2.24, 2.45) is 0 Å². The van der Waals surface area contributed by atoms with Crippen molar-refractivity contribution in [1.82, 2.24) is 0 Å². The van der Waals surface area contributed by atoms with E-state index in [2.05, 4.69) is 19.1 Å². The number of carboxylic acid groups (broad SMARTS) is 1. The molecule has 0 saturated heterocycles. The van der Waals surface area contributed by atoms with E-state index in [-0.39, 0.29) is 4.48 Å². The van der Waals surface area contributed by atoms with Crippen molar-refractivity contribution < 1.29 is 24.6 Å². The normalized spacial score (nSPS) is 12.7. The Balaban J connectivity index is 3.66. The summed E-state index contributed by atoms with van der Waals surface area (Å²) < 4.78 is 0.0976. The number of likely N-dealkylation sites (N-methyl/N-ethyl adjacent to an activating group) is 1. The third kappa shape index (κ3) is 11.5.